The Labute approximate surface area is 103 Å². The Morgan fingerprint density at radius 1 is 1.50 bits per heavy atom. The third kappa shape index (κ3) is 2.89. The standard InChI is InChI=1S/C11H12N4O3/c1-7(16)6-13-10(17)11-14-9(15-18-11)8-2-4-12-5-3-8/h2-5,7,16H,6H2,1H3,(H,13,17). The van der Waals surface area contributed by atoms with E-state index < -0.39 is 12.0 Å². The van der Waals surface area contributed by atoms with Crippen LogP contribution in [-0.2, 0) is 0 Å². The highest BCUT2D eigenvalue weighted by Crippen LogP contribution is 2.13. The zero-order valence-corrected chi connectivity index (χ0v) is 9.70. The number of nitrogens with zero attached hydrogens (tertiary/aromatic N) is 3. The number of pyridine rings is 1. The van der Waals surface area contributed by atoms with E-state index in [0.29, 0.717) is 11.4 Å². The lowest BCUT2D eigenvalue weighted by atomic mass is 10.2. The highest BCUT2D eigenvalue weighted by molar-refractivity contribution is 5.89. The molecule has 2 heterocycles. The average Bonchev–Trinajstić information content (AvgIpc) is 2.86. The first kappa shape index (κ1) is 12.2. The molecule has 0 saturated carbocycles. The molecule has 7 nitrogen and oxygen atoms in total. The molecule has 0 saturated heterocycles. The van der Waals surface area contributed by atoms with Gasteiger partial charge in [0.05, 0.1) is 6.10 Å². The zero-order valence-electron chi connectivity index (χ0n) is 9.70. The predicted octanol–water partition coefficient (Wildman–Crippen LogP) is 0.242. The number of amides is 1. The molecule has 2 rings (SSSR count). The van der Waals surface area contributed by atoms with E-state index in [9.17, 15) is 4.79 Å². The van der Waals surface area contributed by atoms with Crippen molar-refractivity contribution in [3.63, 3.8) is 0 Å². The molecule has 0 bridgehead atoms. The molecule has 2 aromatic heterocycles. The van der Waals surface area contributed by atoms with Crippen LogP contribution in [0.5, 0.6) is 0 Å². The first-order chi connectivity index (χ1) is 8.66. The van der Waals surface area contributed by atoms with Gasteiger partial charge in [0, 0.05) is 24.5 Å². The molecule has 1 unspecified atom stereocenters. The van der Waals surface area contributed by atoms with Crippen LogP contribution in [0.25, 0.3) is 11.4 Å². The smallest absolute Gasteiger partial charge is 0.316 e. The van der Waals surface area contributed by atoms with Gasteiger partial charge >= 0.3 is 11.8 Å². The number of aliphatic hydroxyl groups is 1. The highest BCUT2D eigenvalue weighted by Gasteiger charge is 2.15. The van der Waals surface area contributed by atoms with Gasteiger partial charge in [0.15, 0.2) is 0 Å². The zero-order chi connectivity index (χ0) is 13.0. The molecule has 7 heteroatoms. The Bertz CT molecular complexity index is 524. The molecule has 18 heavy (non-hydrogen) atoms. The summed E-state index contributed by atoms with van der Waals surface area (Å²) in [6.45, 7) is 1.70. The van der Waals surface area contributed by atoms with Crippen molar-refractivity contribution in [2.75, 3.05) is 6.54 Å². The van der Waals surface area contributed by atoms with Crippen LogP contribution in [0.15, 0.2) is 29.0 Å². The van der Waals surface area contributed by atoms with Crippen LogP contribution in [0.1, 0.15) is 17.6 Å². The molecule has 1 atom stereocenters. The quantitative estimate of drug-likeness (QED) is 0.803. The second-order valence-corrected chi connectivity index (χ2v) is 3.72. The summed E-state index contributed by atoms with van der Waals surface area (Å²) in [4.78, 5) is 19.4. The van der Waals surface area contributed by atoms with E-state index in [-0.39, 0.29) is 12.4 Å². The van der Waals surface area contributed by atoms with Crippen LogP contribution >= 0.6 is 0 Å². The number of aliphatic hydroxyl groups excluding tert-OH is 1. The summed E-state index contributed by atoms with van der Waals surface area (Å²) >= 11 is 0. The SMILES string of the molecule is CC(O)CNC(=O)c1nc(-c2ccncc2)no1. The van der Waals surface area contributed by atoms with Crippen LogP contribution in [-0.4, -0.2) is 38.8 Å². The molecule has 94 valence electrons. The minimum atomic E-state index is -0.628. The van der Waals surface area contributed by atoms with Crippen molar-refractivity contribution in [1.29, 1.82) is 0 Å². The lowest BCUT2D eigenvalue weighted by Gasteiger charge is -2.03. The van der Waals surface area contributed by atoms with E-state index in [0.717, 1.165) is 0 Å². The maximum Gasteiger partial charge on any atom is 0.316 e. The number of hydrogen-bond acceptors (Lipinski definition) is 6. The Hall–Kier alpha value is -2.28. The molecule has 0 radical (unpaired) electrons. The average molecular weight is 248 g/mol. The van der Waals surface area contributed by atoms with Crippen LogP contribution in [0.3, 0.4) is 0 Å². The molecule has 0 aliphatic carbocycles. The van der Waals surface area contributed by atoms with Gasteiger partial charge in [-0.2, -0.15) is 4.98 Å². The Morgan fingerprint density at radius 2 is 2.22 bits per heavy atom. The summed E-state index contributed by atoms with van der Waals surface area (Å²) in [7, 11) is 0. The summed E-state index contributed by atoms with van der Waals surface area (Å²) in [5, 5.41) is 15.2. The predicted molar refractivity (Wildman–Crippen MR) is 61.5 cm³/mol. The van der Waals surface area contributed by atoms with Crippen molar-refractivity contribution in [1.82, 2.24) is 20.4 Å². The number of rotatable bonds is 4. The normalized spacial score (nSPS) is 12.1. The van der Waals surface area contributed by atoms with E-state index >= 15 is 0 Å². The molecule has 0 fully saturated rings. The van der Waals surface area contributed by atoms with Gasteiger partial charge in [-0.1, -0.05) is 5.16 Å². The second-order valence-electron chi connectivity index (χ2n) is 3.72. The minimum Gasteiger partial charge on any atom is -0.392 e. The number of aromatic nitrogens is 3. The lowest BCUT2D eigenvalue weighted by molar-refractivity contribution is 0.0880. The molecule has 0 spiro atoms. The van der Waals surface area contributed by atoms with Gasteiger partial charge in [0.1, 0.15) is 0 Å². The fraction of sp³-hybridized carbons (Fsp3) is 0.273. The van der Waals surface area contributed by atoms with Crippen molar-refractivity contribution in [2.45, 2.75) is 13.0 Å². The number of carbonyl (C=O) groups is 1. The maximum atomic E-state index is 11.6. The fourth-order valence-electron chi connectivity index (χ4n) is 1.25. The molecular weight excluding hydrogens is 236 g/mol. The third-order valence-corrected chi connectivity index (χ3v) is 2.12. The van der Waals surface area contributed by atoms with E-state index in [1.807, 2.05) is 0 Å². The minimum absolute atomic E-state index is 0.131. The van der Waals surface area contributed by atoms with Crippen LogP contribution < -0.4 is 5.32 Å². The molecule has 1 amide bonds. The fourth-order valence-corrected chi connectivity index (χ4v) is 1.25. The van der Waals surface area contributed by atoms with Crippen LogP contribution in [0.4, 0.5) is 0 Å². The molecule has 0 aliphatic heterocycles. The van der Waals surface area contributed by atoms with Gasteiger partial charge in [-0.05, 0) is 19.1 Å². The monoisotopic (exact) mass is 248 g/mol. The van der Waals surface area contributed by atoms with Gasteiger partial charge in [0.2, 0.25) is 5.82 Å². The van der Waals surface area contributed by atoms with Crippen LogP contribution in [0.2, 0.25) is 0 Å². The summed E-state index contributed by atoms with van der Waals surface area (Å²) in [5.41, 5.74) is 0.711. The topological polar surface area (TPSA) is 101 Å². The van der Waals surface area contributed by atoms with Gasteiger partial charge in [-0.3, -0.25) is 9.78 Å². The summed E-state index contributed by atoms with van der Waals surface area (Å²) in [5.74, 6) is -0.328. The lowest BCUT2D eigenvalue weighted by Crippen LogP contribution is -2.30. The highest BCUT2D eigenvalue weighted by atomic mass is 16.5. The van der Waals surface area contributed by atoms with Crippen molar-refractivity contribution in [2.24, 2.45) is 0 Å². The van der Waals surface area contributed by atoms with Crippen molar-refractivity contribution in [3.8, 4) is 11.4 Å². The molecule has 0 aromatic carbocycles. The molecule has 2 aromatic rings. The Morgan fingerprint density at radius 3 is 2.89 bits per heavy atom. The number of carbonyl (C=O) groups excluding carboxylic acids is 1. The molecular formula is C11H12N4O3. The summed E-state index contributed by atoms with van der Waals surface area (Å²) in [6.07, 6.45) is 2.56. The van der Waals surface area contributed by atoms with E-state index in [2.05, 4.69) is 20.4 Å². The van der Waals surface area contributed by atoms with E-state index in [1.54, 1.807) is 31.5 Å². The number of nitrogens with one attached hydrogen (secondary N) is 1. The van der Waals surface area contributed by atoms with Crippen molar-refractivity contribution >= 4 is 5.91 Å². The largest absolute Gasteiger partial charge is 0.392 e. The van der Waals surface area contributed by atoms with E-state index in [4.69, 9.17) is 9.63 Å². The molecule has 0 aliphatic rings. The third-order valence-electron chi connectivity index (χ3n) is 2.12. The Kier molecular flexibility index (Phi) is 3.63. The first-order valence-corrected chi connectivity index (χ1v) is 5.37. The van der Waals surface area contributed by atoms with Gasteiger partial charge < -0.3 is 14.9 Å². The van der Waals surface area contributed by atoms with Crippen molar-refractivity contribution < 1.29 is 14.4 Å². The van der Waals surface area contributed by atoms with Gasteiger partial charge in [-0.15, -0.1) is 0 Å². The van der Waals surface area contributed by atoms with Crippen molar-refractivity contribution in [3.05, 3.63) is 30.4 Å². The number of hydrogen-bond donors (Lipinski definition) is 2. The van der Waals surface area contributed by atoms with Gasteiger partial charge in [-0.25, -0.2) is 0 Å². The maximum absolute atomic E-state index is 11.6. The second kappa shape index (κ2) is 5.37. The van der Waals surface area contributed by atoms with Gasteiger partial charge in [0.25, 0.3) is 0 Å². The van der Waals surface area contributed by atoms with Crippen LogP contribution in [0, 0.1) is 0 Å². The Balaban J connectivity index is 2.09. The first-order valence-electron chi connectivity index (χ1n) is 5.37. The summed E-state index contributed by atoms with van der Waals surface area (Å²) in [6, 6.07) is 3.42. The molecule has 2 N–H and O–H groups in total. The summed E-state index contributed by atoms with van der Waals surface area (Å²) < 4.78 is 4.84. The van der Waals surface area contributed by atoms with E-state index in [1.165, 1.54) is 0 Å².